The van der Waals surface area contributed by atoms with Crippen molar-refractivity contribution in [2.75, 3.05) is 5.32 Å². The lowest BCUT2D eigenvalue weighted by molar-refractivity contribution is 0.102. The number of amides is 1. The number of anilines is 1. The maximum Gasteiger partial charge on any atom is 0.346 e. The Kier molecular flexibility index (Phi) is 5.63. The van der Waals surface area contributed by atoms with Crippen LogP contribution in [-0.2, 0) is 0 Å². The fourth-order valence-electron chi connectivity index (χ4n) is 3.29. The predicted molar refractivity (Wildman–Crippen MR) is 121 cm³/mol. The van der Waals surface area contributed by atoms with Crippen LogP contribution in [0, 0.1) is 13.8 Å². The zero-order valence-electron chi connectivity index (χ0n) is 18.2. The fraction of sp³-hybridized carbons (Fsp3) is 0.217. The van der Waals surface area contributed by atoms with E-state index in [2.05, 4.69) is 30.8 Å². The van der Waals surface area contributed by atoms with Crippen LogP contribution < -0.4 is 11.0 Å². The van der Waals surface area contributed by atoms with Gasteiger partial charge in [0, 0.05) is 23.2 Å². The van der Waals surface area contributed by atoms with Gasteiger partial charge in [-0.15, -0.1) is 5.10 Å². The highest BCUT2D eigenvalue weighted by Gasteiger charge is 2.17. The number of benzene rings is 2. The van der Waals surface area contributed by atoms with E-state index in [-0.39, 0.29) is 11.8 Å². The average Bonchev–Trinajstić information content (AvgIpc) is 3.27. The third-order valence-electron chi connectivity index (χ3n) is 5.06. The first kappa shape index (κ1) is 21.1. The molecule has 0 fully saturated rings. The summed E-state index contributed by atoms with van der Waals surface area (Å²) in [5, 5.41) is 14.8. The zero-order chi connectivity index (χ0) is 22.8. The lowest BCUT2D eigenvalue weighted by atomic mass is 10.0. The molecule has 162 valence electrons. The Balaban J connectivity index is 1.82. The van der Waals surface area contributed by atoms with E-state index < -0.39 is 5.69 Å². The Morgan fingerprint density at radius 1 is 1.06 bits per heavy atom. The summed E-state index contributed by atoms with van der Waals surface area (Å²) in [7, 11) is 0. The quantitative estimate of drug-likeness (QED) is 0.502. The first-order valence-corrected chi connectivity index (χ1v) is 10.2. The van der Waals surface area contributed by atoms with Gasteiger partial charge < -0.3 is 5.32 Å². The van der Waals surface area contributed by atoms with Crippen molar-refractivity contribution in [1.82, 2.24) is 30.2 Å². The van der Waals surface area contributed by atoms with Crippen molar-refractivity contribution < 1.29 is 4.79 Å². The van der Waals surface area contributed by atoms with E-state index in [1.165, 1.54) is 6.20 Å². The number of nitrogens with zero attached hydrogens (tertiary/aromatic N) is 5. The molecule has 32 heavy (non-hydrogen) atoms. The Labute approximate surface area is 184 Å². The number of H-pyrrole nitrogens is 1. The van der Waals surface area contributed by atoms with E-state index in [0.29, 0.717) is 28.5 Å². The topological polar surface area (TPSA) is 118 Å². The van der Waals surface area contributed by atoms with Gasteiger partial charge in [-0.1, -0.05) is 43.7 Å². The molecule has 4 aromatic rings. The Hall–Kier alpha value is -4.14. The van der Waals surface area contributed by atoms with Crippen molar-refractivity contribution in [2.45, 2.75) is 33.6 Å². The van der Waals surface area contributed by atoms with Crippen molar-refractivity contribution in [3.63, 3.8) is 0 Å². The highest BCUT2D eigenvalue weighted by Crippen LogP contribution is 2.26. The monoisotopic (exact) mass is 429 g/mol. The summed E-state index contributed by atoms with van der Waals surface area (Å²) >= 11 is 0. The van der Waals surface area contributed by atoms with Crippen molar-refractivity contribution in [3.05, 3.63) is 81.7 Å². The van der Waals surface area contributed by atoms with Gasteiger partial charge in [0.2, 0.25) is 0 Å². The molecule has 1 amide bonds. The summed E-state index contributed by atoms with van der Waals surface area (Å²) < 4.78 is 1.64. The second kappa shape index (κ2) is 8.54. The van der Waals surface area contributed by atoms with Gasteiger partial charge >= 0.3 is 5.69 Å². The second-order valence-corrected chi connectivity index (χ2v) is 7.94. The van der Waals surface area contributed by atoms with Crippen LogP contribution in [0.1, 0.15) is 47.1 Å². The van der Waals surface area contributed by atoms with Gasteiger partial charge in [0.05, 0.1) is 5.69 Å². The average molecular weight is 429 g/mol. The largest absolute Gasteiger partial charge is 0.346 e. The van der Waals surface area contributed by atoms with Gasteiger partial charge in [0.25, 0.3) is 5.91 Å². The number of tetrazole rings is 1. The fourth-order valence-corrected chi connectivity index (χ4v) is 3.29. The van der Waals surface area contributed by atoms with E-state index in [9.17, 15) is 9.59 Å². The molecular formula is C23H23N7O2. The van der Waals surface area contributed by atoms with E-state index in [0.717, 1.165) is 16.7 Å². The summed E-state index contributed by atoms with van der Waals surface area (Å²) in [6, 6.07) is 13.5. The highest BCUT2D eigenvalue weighted by molar-refractivity contribution is 6.05. The van der Waals surface area contributed by atoms with Gasteiger partial charge in [-0.3, -0.25) is 9.78 Å². The molecule has 0 saturated carbocycles. The number of hydrogen-bond acceptors (Lipinski definition) is 6. The maximum atomic E-state index is 13.1. The standard InChI is InChI=1S/C23H23N7O2/c1-13(2)21-27-28-29-30(21)19-10-17(16-7-5-14(3)6-8-16)9-18(11-19)22(31)25-20-15(4)12-24-23(32)26-20/h5-13H,1-4H3,(H2,24,25,26,31,32). The maximum absolute atomic E-state index is 13.1. The summed E-state index contributed by atoms with van der Waals surface area (Å²) in [4.78, 5) is 31.0. The number of hydrogen-bond donors (Lipinski definition) is 2. The number of aromatic nitrogens is 6. The third-order valence-corrected chi connectivity index (χ3v) is 5.06. The number of carbonyl (C=O) groups is 1. The third kappa shape index (κ3) is 4.31. The molecular weight excluding hydrogens is 406 g/mol. The molecule has 0 saturated heterocycles. The summed E-state index contributed by atoms with van der Waals surface area (Å²) in [6.45, 7) is 7.78. The van der Waals surface area contributed by atoms with E-state index >= 15 is 0 Å². The first-order chi connectivity index (χ1) is 15.3. The number of aryl methyl sites for hydroxylation is 2. The van der Waals surface area contributed by atoms with Gasteiger partial charge in [0.15, 0.2) is 5.82 Å². The molecule has 0 bridgehead atoms. The van der Waals surface area contributed by atoms with Crippen LogP contribution in [0.25, 0.3) is 16.8 Å². The van der Waals surface area contributed by atoms with Gasteiger partial charge in [-0.25, -0.2) is 9.78 Å². The van der Waals surface area contributed by atoms with Gasteiger partial charge in [0.1, 0.15) is 5.82 Å². The normalized spacial score (nSPS) is 11.0. The minimum atomic E-state index is -0.532. The van der Waals surface area contributed by atoms with Crippen molar-refractivity contribution in [3.8, 4) is 16.8 Å². The number of rotatable bonds is 5. The summed E-state index contributed by atoms with van der Waals surface area (Å²) in [5.74, 6) is 0.716. The first-order valence-electron chi connectivity index (χ1n) is 10.2. The van der Waals surface area contributed by atoms with Crippen LogP contribution in [0.2, 0.25) is 0 Å². The van der Waals surface area contributed by atoms with Crippen molar-refractivity contribution in [1.29, 1.82) is 0 Å². The smallest absolute Gasteiger partial charge is 0.308 e. The molecule has 9 nitrogen and oxygen atoms in total. The molecule has 4 rings (SSSR count). The summed E-state index contributed by atoms with van der Waals surface area (Å²) in [5.41, 5.74) is 4.13. The lowest BCUT2D eigenvalue weighted by Crippen LogP contribution is -2.19. The van der Waals surface area contributed by atoms with Crippen LogP contribution in [0.3, 0.4) is 0 Å². The van der Waals surface area contributed by atoms with Crippen LogP contribution in [0.15, 0.2) is 53.5 Å². The Morgan fingerprint density at radius 3 is 2.53 bits per heavy atom. The lowest BCUT2D eigenvalue weighted by Gasteiger charge is -2.13. The minimum absolute atomic E-state index is 0.0925. The molecule has 0 unspecified atom stereocenters. The van der Waals surface area contributed by atoms with Crippen molar-refractivity contribution in [2.24, 2.45) is 0 Å². The number of nitrogens with one attached hydrogen (secondary N) is 2. The molecule has 2 aromatic carbocycles. The molecule has 2 N–H and O–H groups in total. The Bertz CT molecular complexity index is 1340. The van der Waals surface area contributed by atoms with E-state index in [1.54, 1.807) is 23.7 Å². The molecule has 0 aliphatic rings. The molecule has 0 aliphatic carbocycles. The van der Waals surface area contributed by atoms with Crippen LogP contribution >= 0.6 is 0 Å². The molecule has 2 heterocycles. The zero-order valence-corrected chi connectivity index (χ0v) is 18.2. The Morgan fingerprint density at radius 2 is 1.81 bits per heavy atom. The van der Waals surface area contributed by atoms with Crippen molar-refractivity contribution >= 4 is 11.7 Å². The SMILES string of the molecule is Cc1ccc(-c2cc(C(=O)Nc3[nH]c(=O)ncc3C)cc(-n3nnnc3C(C)C)c2)cc1. The predicted octanol–water partition coefficient (Wildman–Crippen LogP) is 3.41. The second-order valence-electron chi connectivity index (χ2n) is 7.94. The van der Waals surface area contributed by atoms with Crippen LogP contribution in [0.5, 0.6) is 0 Å². The molecule has 0 spiro atoms. The number of carbonyl (C=O) groups excluding carboxylic acids is 1. The van der Waals surface area contributed by atoms with Gasteiger partial charge in [-0.2, -0.15) is 4.68 Å². The molecule has 0 radical (unpaired) electrons. The van der Waals surface area contributed by atoms with E-state index in [1.807, 2.05) is 51.1 Å². The summed E-state index contributed by atoms with van der Waals surface area (Å²) in [6.07, 6.45) is 1.42. The van der Waals surface area contributed by atoms with Crippen LogP contribution in [-0.4, -0.2) is 36.1 Å². The number of aromatic amines is 1. The van der Waals surface area contributed by atoms with Gasteiger partial charge in [-0.05, 0) is 53.6 Å². The minimum Gasteiger partial charge on any atom is -0.308 e. The highest BCUT2D eigenvalue weighted by atomic mass is 16.2. The van der Waals surface area contributed by atoms with E-state index in [4.69, 9.17) is 0 Å². The van der Waals surface area contributed by atoms with Crippen LogP contribution in [0.4, 0.5) is 5.82 Å². The molecule has 0 aliphatic heterocycles. The molecule has 2 aromatic heterocycles. The molecule has 0 atom stereocenters. The molecule has 9 heteroatoms.